The molecule has 1 aromatic carbocycles. The third-order valence-corrected chi connectivity index (χ3v) is 2.82. The van der Waals surface area contributed by atoms with Gasteiger partial charge in [0.15, 0.2) is 0 Å². The van der Waals surface area contributed by atoms with E-state index in [0.29, 0.717) is 25.9 Å². The molecule has 0 bridgehead atoms. The van der Waals surface area contributed by atoms with E-state index in [9.17, 15) is 0 Å². The Morgan fingerprint density at radius 1 is 1.05 bits per heavy atom. The van der Waals surface area contributed by atoms with Crippen molar-refractivity contribution >= 4 is 0 Å². The quantitative estimate of drug-likeness (QED) is 0.501. The molecule has 22 heavy (non-hydrogen) atoms. The van der Waals surface area contributed by atoms with Gasteiger partial charge in [0.05, 0.1) is 32.2 Å². The van der Waals surface area contributed by atoms with E-state index in [1.807, 2.05) is 44.2 Å². The first-order valence-corrected chi connectivity index (χ1v) is 7.91. The van der Waals surface area contributed by atoms with E-state index in [-0.39, 0.29) is 6.10 Å². The van der Waals surface area contributed by atoms with Crippen LogP contribution in [0.2, 0.25) is 0 Å². The van der Waals surface area contributed by atoms with Crippen LogP contribution in [0.4, 0.5) is 0 Å². The van der Waals surface area contributed by atoms with Gasteiger partial charge in [-0.05, 0) is 37.6 Å². The molecule has 0 saturated heterocycles. The Labute approximate surface area is 134 Å². The molecule has 1 rings (SSSR count). The highest BCUT2D eigenvalue weighted by Crippen LogP contribution is 2.13. The normalized spacial score (nSPS) is 11.7. The third-order valence-electron chi connectivity index (χ3n) is 2.82. The summed E-state index contributed by atoms with van der Waals surface area (Å²) in [6, 6.07) is 8.40. The van der Waals surface area contributed by atoms with Gasteiger partial charge in [-0.25, -0.2) is 0 Å². The van der Waals surface area contributed by atoms with Crippen LogP contribution in [0.3, 0.4) is 0 Å². The van der Waals surface area contributed by atoms with Crippen LogP contribution in [-0.2, 0) is 16.1 Å². The number of ether oxygens (including phenoxy) is 3. The molecule has 0 saturated carbocycles. The molecule has 4 heteroatoms. The number of benzene rings is 1. The Bertz CT molecular complexity index is 413. The molecule has 0 aliphatic rings. The predicted octanol–water partition coefficient (Wildman–Crippen LogP) is 3.52. The van der Waals surface area contributed by atoms with Gasteiger partial charge in [0.25, 0.3) is 0 Å². The summed E-state index contributed by atoms with van der Waals surface area (Å²) in [5.74, 6) is 0.827. The molecular formula is C18H29NO3. The Kier molecular flexibility index (Phi) is 9.55. The highest BCUT2D eigenvalue weighted by molar-refractivity contribution is 5.27. The van der Waals surface area contributed by atoms with Crippen molar-refractivity contribution in [2.75, 3.05) is 19.8 Å². The van der Waals surface area contributed by atoms with Crippen molar-refractivity contribution in [1.82, 2.24) is 5.32 Å². The molecule has 1 aromatic rings. The topological polar surface area (TPSA) is 39.7 Å². The maximum absolute atomic E-state index is 5.56. The average molecular weight is 307 g/mol. The molecule has 124 valence electrons. The zero-order chi connectivity index (χ0) is 16.2. The fraction of sp³-hybridized carbons (Fsp3) is 0.556. The summed E-state index contributed by atoms with van der Waals surface area (Å²) in [5.41, 5.74) is 1.13. The fourth-order valence-corrected chi connectivity index (χ4v) is 1.68. The van der Waals surface area contributed by atoms with Crippen molar-refractivity contribution in [3.8, 4) is 5.75 Å². The van der Waals surface area contributed by atoms with Crippen molar-refractivity contribution in [3.05, 3.63) is 42.2 Å². The van der Waals surface area contributed by atoms with Gasteiger partial charge in [-0.2, -0.15) is 0 Å². The minimum atomic E-state index is 0.254. The smallest absolute Gasteiger partial charge is 0.126 e. The fourth-order valence-electron chi connectivity index (χ4n) is 1.68. The maximum atomic E-state index is 5.56. The SMILES string of the molecule is CC(C)NC/C=C\Oc1ccc(COCCOC(C)C)cc1. The summed E-state index contributed by atoms with van der Waals surface area (Å²) in [7, 11) is 0. The van der Waals surface area contributed by atoms with Gasteiger partial charge in [0.1, 0.15) is 5.75 Å². The van der Waals surface area contributed by atoms with Crippen LogP contribution in [0.15, 0.2) is 36.6 Å². The zero-order valence-electron chi connectivity index (χ0n) is 14.2. The van der Waals surface area contributed by atoms with E-state index in [1.165, 1.54) is 0 Å². The summed E-state index contributed by atoms with van der Waals surface area (Å²) in [4.78, 5) is 0. The van der Waals surface area contributed by atoms with Crippen LogP contribution in [0.25, 0.3) is 0 Å². The summed E-state index contributed by atoms with van der Waals surface area (Å²) in [6.45, 7) is 10.9. The van der Waals surface area contributed by atoms with Crippen molar-refractivity contribution in [1.29, 1.82) is 0 Å². The molecule has 4 nitrogen and oxygen atoms in total. The van der Waals surface area contributed by atoms with E-state index in [0.717, 1.165) is 17.9 Å². The average Bonchev–Trinajstić information content (AvgIpc) is 2.47. The minimum Gasteiger partial charge on any atom is -0.465 e. The summed E-state index contributed by atoms with van der Waals surface area (Å²) < 4.78 is 16.5. The van der Waals surface area contributed by atoms with Crippen LogP contribution in [0.5, 0.6) is 5.75 Å². The maximum Gasteiger partial charge on any atom is 0.126 e. The Morgan fingerprint density at radius 3 is 2.41 bits per heavy atom. The molecule has 0 aromatic heterocycles. The van der Waals surface area contributed by atoms with E-state index >= 15 is 0 Å². The molecule has 0 amide bonds. The summed E-state index contributed by atoms with van der Waals surface area (Å²) in [6.07, 6.45) is 3.93. The lowest BCUT2D eigenvalue weighted by Gasteiger charge is -2.08. The lowest BCUT2D eigenvalue weighted by atomic mass is 10.2. The van der Waals surface area contributed by atoms with Crippen LogP contribution < -0.4 is 10.1 Å². The number of nitrogens with one attached hydrogen (secondary N) is 1. The number of hydrogen-bond donors (Lipinski definition) is 1. The van der Waals surface area contributed by atoms with Crippen molar-refractivity contribution in [2.45, 2.75) is 46.4 Å². The van der Waals surface area contributed by atoms with E-state index in [2.05, 4.69) is 19.2 Å². The number of hydrogen-bond acceptors (Lipinski definition) is 4. The van der Waals surface area contributed by atoms with Crippen LogP contribution in [0, 0.1) is 0 Å². The second-order valence-electron chi connectivity index (χ2n) is 5.67. The van der Waals surface area contributed by atoms with Crippen LogP contribution >= 0.6 is 0 Å². The van der Waals surface area contributed by atoms with E-state index in [1.54, 1.807) is 6.26 Å². The first-order valence-electron chi connectivity index (χ1n) is 7.91. The molecule has 0 aliphatic heterocycles. The van der Waals surface area contributed by atoms with Crippen molar-refractivity contribution in [3.63, 3.8) is 0 Å². The molecule has 0 spiro atoms. The molecule has 1 N–H and O–H groups in total. The standard InChI is InChI=1S/C18H29NO3/c1-15(2)19-10-5-11-22-18-8-6-17(7-9-18)14-20-12-13-21-16(3)4/h5-9,11,15-16,19H,10,12-14H2,1-4H3/b11-5-. The van der Waals surface area contributed by atoms with E-state index < -0.39 is 0 Å². The molecule has 0 atom stereocenters. The Morgan fingerprint density at radius 2 is 1.77 bits per heavy atom. The minimum absolute atomic E-state index is 0.254. The molecule has 0 heterocycles. The van der Waals surface area contributed by atoms with Gasteiger partial charge in [0, 0.05) is 12.6 Å². The summed E-state index contributed by atoms with van der Waals surface area (Å²) in [5, 5.41) is 3.29. The summed E-state index contributed by atoms with van der Waals surface area (Å²) >= 11 is 0. The first-order chi connectivity index (χ1) is 10.6. The third kappa shape index (κ3) is 9.55. The largest absolute Gasteiger partial charge is 0.465 e. The zero-order valence-corrected chi connectivity index (χ0v) is 14.2. The van der Waals surface area contributed by atoms with E-state index in [4.69, 9.17) is 14.2 Å². The van der Waals surface area contributed by atoms with Gasteiger partial charge in [-0.1, -0.05) is 26.0 Å². The molecule has 0 radical (unpaired) electrons. The Hall–Kier alpha value is -1.36. The van der Waals surface area contributed by atoms with Gasteiger partial charge in [0.2, 0.25) is 0 Å². The Balaban J connectivity index is 2.19. The van der Waals surface area contributed by atoms with Crippen LogP contribution in [-0.4, -0.2) is 31.9 Å². The number of rotatable bonds is 11. The van der Waals surface area contributed by atoms with Crippen molar-refractivity contribution in [2.24, 2.45) is 0 Å². The van der Waals surface area contributed by atoms with Crippen molar-refractivity contribution < 1.29 is 14.2 Å². The monoisotopic (exact) mass is 307 g/mol. The molecular weight excluding hydrogens is 278 g/mol. The lowest BCUT2D eigenvalue weighted by molar-refractivity contribution is 0.0143. The second kappa shape index (κ2) is 11.2. The highest BCUT2D eigenvalue weighted by Gasteiger charge is 1.97. The van der Waals surface area contributed by atoms with Gasteiger partial charge in [-0.15, -0.1) is 0 Å². The second-order valence-corrected chi connectivity index (χ2v) is 5.67. The van der Waals surface area contributed by atoms with Gasteiger partial charge >= 0.3 is 0 Å². The highest BCUT2D eigenvalue weighted by atomic mass is 16.5. The van der Waals surface area contributed by atoms with Gasteiger partial charge < -0.3 is 19.5 Å². The molecule has 0 fully saturated rings. The molecule has 0 unspecified atom stereocenters. The van der Waals surface area contributed by atoms with Gasteiger partial charge in [-0.3, -0.25) is 0 Å². The first kappa shape index (κ1) is 18.7. The lowest BCUT2D eigenvalue weighted by Crippen LogP contribution is -2.22. The van der Waals surface area contributed by atoms with Crippen LogP contribution in [0.1, 0.15) is 33.3 Å². The predicted molar refractivity (Wildman–Crippen MR) is 90.1 cm³/mol. The molecule has 0 aliphatic carbocycles.